The van der Waals surface area contributed by atoms with Gasteiger partial charge in [-0.2, -0.15) is 0 Å². The van der Waals surface area contributed by atoms with Crippen molar-refractivity contribution in [2.45, 2.75) is 25.0 Å². The number of allylic oxidation sites excluding steroid dienone is 2. The van der Waals surface area contributed by atoms with Gasteiger partial charge in [0.15, 0.2) is 0 Å². The number of hydrogen-bond acceptors (Lipinski definition) is 4. The highest BCUT2D eigenvalue weighted by Crippen LogP contribution is 2.62. The Kier molecular flexibility index (Phi) is 4.51. The molecule has 2 aliphatic heterocycles. The van der Waals surface area contributed by atoms with E-state index in [0.717, 1.165) is 40.2 Å². The molecule has 1 N–H and O–H groups in total. The molecule has 2 unspecified atom stereocenters. The molecule has 4 aromatic rings. The van der Waals surface area contributed by atoms with E-state index in [0.29, 0.717) is 11.8 Å². The molecule has 0 radical (unpaired) electrons. The Labute approximate surface area is 221 Å². The number of hydrazone groups is 1. The van der Waals surface area contributed by atoms with Crippen molar-refractivity contribution in [1.29, 1.82) is 0 Å². The first-order valence-corrected chi connectivity index (χ1v) is 13.2. The summed E-state index contributed by atoms with van der Waals surface area (Å²) in [6.07, 6.45) is 7.34. The highest BCUT2D eigenvalue weighted by atomic mass is 16.5. The number of fused-ring (bicyclic) bond motifs is 9. The summed E-state index contributed by atoms with van der Waals surface area (Å²) in [4.78, 5) is 0. The van der Waals surface area contributed by atoms with E-state index in [9.17, 15) is 0 Å². The molecule has 4 nitrogen and oxygen atoms in total. The van der Waals surface area contributed by atoms with Crippen LogP contribution in [-0.4, -0.2) is 12.1 Å². The van der Waals surface area contributed by atoms with Crippen LogP contribution >= 0.6 is 0 Å². The maximum Gasteiger partial charge on any atom is 0.240 e. The van der Waals surface area contributed by atoms with Gasteiger partial charge in [0.1, 0.15) is 11.5 Å². The van der Waals surface area contributed by atoms with E-state index in [1.807, 2.05) is 12.1 Å². The highest BCUT2D eigenvalue weighted by Gasteiger charge is 2.51. The highest BCUT2D eigenvalue weighted by molar-refractivity contribution is 5.96. The molecule has 2 atom stereocenters. The van der Waals surface area contributed by atoms with Gasteiger partial charge in [0, 0.05) is 22.3 Å². The maximum absolute atomic E-state index is 6.52. The normalized spacial score (nSPS) is 21.2. The molecule has 0 saturated carbocycles. The van der Waals surface area contributed by atoms with Crippen molar-refractivity contribution < 1.29 is 9.47 Å². The predicted molar refractivity (Wildman–Crippen MR) is 149 cm³/mol. The van der Waals surface area contributed by atoms with Crippen molar-refractivity contribution in [2.24, 2.45) is 11.0 Å². The zero-order chi connectivity index (χ0) is 25.3. The fourth-order valence-corrected chi connectivity index (χ4v) is 6.48. The third-order valence-electron chi connectivity index (χ3n) is 8.25. The summed E-state index contributed by atoms with van der Waals surface area (Å²) >= 11 is 0. The topological polar surface area (TPSA) is 42.9 Å². The molecular formula is C34H26N2O2. The average molecular weight is 495 g/mol. The predicted octanol–water partition coefficient (Wildman–Crippen LogP) is 7.29. The SMILES string of the molecule is CC1C=CC(C2NN=C(c3ccc4c(c3)C3(c5ccccc5O4)c4ccccc4-c4ccccc43)O2)=CC1. The van der Waals surface area contributed by atoms with E-state index >= 15 is 0 Å². The molecule has 8 rings (SSSR count). The molecular weight excluding hydrogens is 468 g/mol. The van der Waals surface area contributed by atoms with Crippen molar-refractivity contribution in [3.05, 3.63) is 143 Å². The smallest absolute Gasteiger partial charge is 0.240 e. The second-order valence-electron chi connectivity index (χ2n) is 10.5. The first kappa shape index (κ1) is 21.5. The van der Waals surface area contributed by atoms with E-state index in [-0.39, 0.29) is 6.23 Å². The average Bonchev–Trinajstić information content (AvgIpc) is 3.57. The van der Waals surface area contributed by atoms with Crippen molar-refractivity contribution in [3.63, 3.8) is 0 Å². The lowest BCUT2D eigenvalue weighted by Crippen LogP contribution is -2.32. The van der Waals surface area contributed by atoms with Crippen LogP contribution in [-0.2, 0) is 10.2 Å². The third-order valence-corrected chi connectivity index (χ3v) is 8.25. The van der Waals surface area contributed by atoms with Crippen LogP contribution in [0.25, 0.3) is 11.1 Å². The lowest BCUT2D eigenvalue weighted by molar-refractivity contribution is 0.228. The van der Waals surface area contributed by atoms with Crippen LogP contribution in [0.4, 0.5) is 0 Å². The number of nitrogens with zero attached hydrogens (tertiary/aromatic N) is 1. The summed E-state index contributed by atoms with van der Waals surface area (Å²) in [5.41, 5.74) is 12.1. The Balaban J connectivity index is 1.30. The summed E-state index contributed by atoms with van der Waals surface area (Å²) in [5.74, 6) is 2.89. The van der Waals surface area contributed by atoms with Crippen molar-refractivity contribution in [3.8, 4) is 22.6 Å². The van der Waals surface area contributed by atoms with Gasteiger partial charge in [0.25, 0.3) is 0 Å². The van der Waals surface area contributed by atoms with Gasteiger partial charge < -0.3 is 9.47 Å². The van der Waals surface area contributed by atoms with Crippen LogP contribution in [0, 0.1) is 5.92 Å². The molecule has 4 aromatic carbocycles. The Hall–Kier alpha value is -4.57. The second-order valence-corrected chi connectivity index (χ2v) is 10.5. The number of hydrogen-bond donors (Lipinski definition) is 1. The number of para-hydroxylation sites is 1. The molecule has 38 heavy (non-hydrogen) atoms. The Morgan fingerprint density at radius 3 is 2.21 bits per heavy atom. The first-order valence-electron chi connectivity index (χ1n) is 13.2. The molecule has 4 heteroatoms. The summed E-state index contributed by atoms with van der Waals surface area (Å²) in [7, 11) is 0. The van der Waals surface area contributed by atoms with Gasteiger partial charge in [-0.05, 0) is 58.9 Å². The first-order chi connectivity index (χ1) is 18.7. The lowest BCUT2D eigenvalue weighted by Gasteiger charge is -2.39. The van der Waals surface area contributed by atoms with Crippen LogP contribution in [0.5, 0.6) is 11.5 Å². The standard InChI is InChI=1S/C34H26N2O2/c1-21-14-16-22(17-15-21)32-35-36-33(38-32)23-18-19-31-29(20-23)34(28-12-6-7-13-30(28)37-31)26-10-4-2-8-24(26)25-9-3-5-11-27(25)34/h2-14,16-21,32,35H,15H2,1H3. The zero-order valence-corrected chi connectivity index (χ0v) is 21.0. The summed E-state index contributed by atoms with van der Waals surface area (Å²) in [6, 6.07) is 32.2. The second kappa shape index (κ2) is 7.96. The number of benzene rings is 4. The molecule has 2 heterocycles. The Morgan fingerprint density at radius 1 is 0.789 bits per heavy atom. The monoisotopic (exact) mass is 494 g/mol. The molecule has 4 aliphatic rings. The van der Waals surface area contributed by atoms with Crippen LogP contribution in [0.2, 0.25) is 0 Å². The van der Waals surface area contributed by atoms with Gasteiger partial charge in [0.05, 0.1) is 5.41 Å². The fourth-order valence-electron chi connectivity index (χ4n) is 6.48. The van der Waals surface area contributed by atoms with E-state index in [2.05, 4.69) is 115 Å². The summed E-state index contributed by atoms with van der Waals surface area (Å²) < 4.78 is 12.9. The summed E-state index contributed by atoms with van der Waals surface area (Å²) in [6.45, 7) is 2.22. The van der Waals surface area contributed by atoms with Crippen molar-refractivity contribution >= 4 is 5.90 Å². The van der Waals surface area contributed by atoms with Gasteiger partial charge in [-0.15, -0.1) is 5.10 Å². The molecule has 0 aromatic heterocycles. The van der Waals surface area contributed by atoms with Gasteiger partial charge in [-0.1, -0.05) is 91.9 Å². The van der Waals surface area contributed by atoms with Gasteiger partial charge in [-0.25, -0.2) is 0 Å². The Morgan fingerprint density at radius 2 is 1.47 bits per heavy atom. The van der Waals surface area contributed by atoms with Crippen LogP contribution in [0.3, 0.4) is 0 Å². The van der Waals surface area contributed by atoms with Crippen molar-refractivity contribution in [2.75, 3.05) is 0 Å². The molecule has 0 bridgehead atoms. The lowest BCUT2D eigenvalue weighted by atomic mass is 9.66. The van der Waals surface area contributed by atoms with E-state index in [1.165, 1.54) is 22.3 Å². The van der Waals surface area contributed by atoms with Crippen LogP contribution in [0.1, 0.15) is 41.2 Å². The minimum atomic E-state index is -0.496. The number of rotatable bonds is 2. The van der Waals surface area contributed by atoms with Crippen LogP contribution < -0.4 is 10.2 Å². The van der Waals surface area contributed by atoms with E-state index < -0.39 is 5.41 Å². The van der Waals surface area contributed by atoms with Crippen molar-refractivity contribution in [1.82, 2.24) is 5.43 Å². The number of ether oxygens (including phenoxy) is 2. The quantitative estimate of drug-likeness (QED) is 0.275. The van der Waals surface area contributed by atoms with E-state index in [4.69, 9.17) is 9.47 Å². The minimum Gasteiger partial charge on any atom is -0.457 e. The molecule has 184 valence electrons. The maximum atomic E-state index is 6.52. The molecule has 0 fully saturated rings. The van der Waals surface area contributed by atoms with Gasteiger partial charge in [0.2, 0.25) is 12.1 Å². The summed E-state index contributed by atoms with van der Waals surface area (Å²) in [5, 5.41) is 4.61. The number of nitrogens with one attached hydrogen (secondary N) is 1. The third kappa shape index (κ3) is 2.89. The zero-order valence-electron chi connectivity index (χ0n) is 21.0. The molecule has 0 amide bonds. The molecule has 2 aliphatic carbocycles. The van der Waals surface area contributed by atoms with Crippen LogP contribution in [0.15, 0.2) is 120 Å². The van der Waals surface area contributed by atoms with E-state index in [1.54, 1.807) is 0 Å². The molecule has 1 spiro atoms. The largest absolute Gasteiger partial charge is 0.457 e. The minimum absolute atomic E-state index is 0.274. The van der Waals surface area contributed by atoms with Gasteiger partial charge >= 0.3 is 0 Å². The Bertz CT molecular complexity index is 1670. The van der Waals surface area contributed by atoms with Gasteiger partial charge in [-0.3, -0.25) is 5.43 Å². The molecule has 0 saturated heterocycles. The fraction of sp³-hybridized carbons (Fsp3) is 0.147.